The number of hydrogen-bond donors (Lipinski definition) is 2. The molecule has 0 radical (unpaired) electrons. The Labute approximate surface area is 135 Å². The average Bonchev–Trinajstić information content (AvgIpc) is 2.57. The van der Waals surface area contributed by atoms with Gasteiger partial charge in [0.2, 0.25) is 0 Å². The second-order valence-electron chi connectivity index (χ2n) is 5.06. The fraction of sp³-hybridized carbons (Fsp3) is 0. The van der Waals surface area contributed by atoms with E-state index >= 15 is 0 Å². The van der Waals surface area contributed by atoms with Crippen LogP contribution in [-0.2, 0) is 0 Å². The van der Waals surface area contributed by atoms with E-state index in [-0.39, 0.29) is 16.9 Å². The molecular formula is C17H11FN2O4. The van der Waals surface area contributed by atoms with Gasteiger partial charge in [-0.1, -0.05) is 24.3 Å². The SMILES string of the molecule is O=C(O)c1ccc([N+](=O)[O-])cc1Nc1ccc(F)c2ccccc12. The lowest BCUT2D eigenvalue weighted by molar-refractivity contribution is -0.384. The molecule has 0 amide bonds. The molecule has 3 rings (SSSR count). The standard InChI is InChI=1S/C17H11FN2O4/c18-14-7-8-15(12-4-2-1-3-11(12)14)19-16-9-10(20(23)24)5-6-13(16)17(21)22/h1-9,19H,(H,21,22). The molecule has 0 atom stereocenters. The minimum Gasteiger partial charge on any atom is -0.478 e. The number of aromatic carboxylic acids is 1. The van der Waals surface area contributed by atoms with Crippen LogP contribution in [0.1, 0.15) is 10.4 Å². The minimum absolute atomic E-state index is 0.0634. The van der Waals surface area contributed by atoms with E-state index in [0.29, 0.717) is 16.5 Å². The van der Waals surface area contributed by atoms with E-state index in [1.165, 1.54) is 12.1 Å². The molecule has 6 nitrogen and oxygen atoms in total. The number of nitrogens with one attached hydrogen (secondary N) is 1. The van der Waals surface area contributed by atoms with Gasteiger partial charge < -0.3 is 10.4 Å². The summed E-state index contributed by atoms with van der Waals surface area (Å²) in [5.41, 5.74) is 0.159. The van der Waals surface area contributed by atoms with Crippen molar-refractivity contribution in [1.82, 2.24) is 0 Å². The average molecular weight is 326 g/mol. The number of nitrogens with zero attached hydrogens (tertiary/aromatic N) is 1. The fourth-order valence-corrected chi connectivity index (χ4v) is 2.45. The molecule has 0 bridgehead atoms. The van der Waals surface area contributed by atoms with E-state index in [0.717, 1.165) is 18.2 Å². The summed E-state index contributed by atoms with van der Waals surface area (Å²) >= 11 is 0. The van der Waals surface area contributed by atoms with Crippen LogP contribution in [0, 0.1) is 15.9 Å². The molecule has 0 fully saturated rings. The van der Waals surface area contributed by atoms with Crippen molar-refractivity contribution in [3.05, 3.63) is 76.1 Å². The van der Waals surface area contributed by atoms with Crippen molar-refractivity contribution in [2.24, 2.45) is 0 Å². The third kappa shape index (κ3) is 2.74. The first-order valence-electron chi connectivity index (χ1n) is 6.93. The van der Waals surface area contributed by atoms with Gasteiger partial charge in [0.05, 0.1) is 16.2 Å². The first-order chi connectivity index (χ1) is 11.5. The Morgan fingerprint density at radius 1 is 1.04 bits per heavy atom. The normalized spacial score (nSPS) is 10.5. The largest absolute Gasteiger partial charge is 0.478 e. The highest BCUT2D eigenvalue weighted by Crippen LogP contribution is 2.31. The van der Waals surface area contributed by atoms with Gasteiger partial charge in [-0.15, -0.1) is 0 Å². The summed E-state index contributed by atoms with van der Waals surface area (Å²) in [4.78, 5) is 21.7. The van der Waals surface area contributed by atoms with Gasteiger partial charge in [0, 0.05) is 28.6 Å². The molecule has 2 N–H and O–H groups in total. The molecule has 24 heavy (non-hydrogen) atoms. The van der Waals surface area contributed by atoms with Crippen molar-refractivity contribution in [3.63, 3.8) is 0 Å². The molecule has 0 aliphatic carbocycles. The molecule has 0 aliphatic heterocycles. The number of carbonyl (C=O) groups is 1. The van der Waals surface area contributed by atoms with Crippen molar-refractivity contribution in [2.75, 3.05) is 5.32 Å². The maximum atomic E-state index is 13.9. The lowest BCUT2D eigenvalue weighted by Crippen LogP contribution is -2.04. The highest BCUT2D eigenvalue weighted by atomic mass is 19.1. The Morgan fingerprint density at radius 2 is 1.75 bits per heavy atom. The van der Waals surface area contributed by atoms with E-state index in [1.54, 1.807) is 24.3 Å². The number of anilines is 2. The summed E-state index contributed by atoms with van der Waals surface area (Å²) in [5, 5.41) is 24.0. The van der Waals surface area contributed by atoms with Crippen LogP contribution < -0.4 is 5.32 Å². The van der Waals surface area contributed by atoms with E-state index in [9.17, 15) is 24.4 Å². The second-order valence-corrected chi connectivity index (χ2v) is 5.06. The number of carboxylic acids is 1. The van der Waals surface area contributed by atoms with Gasteiger partial charge >= 0.3 is 5.97 Å². The number of rotatable bonds is 4. The van der Waals surface area contributed by atoms with Gasteiger partial charge in [0.1, 0.15) is 5.82 Å². The number of fused-ring (bicyclic) bond motifs is 1. The molecule has 0 aromatic heterocycles. The summed E-state index contributed by atoms with van der Waals surface area (Å²) in [7, 11) is 0. The zero-order valence-corrected chi connectivity index (χ0v) is 12.2. The summed E-state index contributed by atoms with van der Waals surface area (Å²) < 4.78 is 13.9. The van der Waals surface area contributed by atoms with Crippen LogP contribution in [0.2, 0.25) is 0 Å². The van der Waals surface area contributed by atoms with Crippen molar-refractivity contribution < 1.29 is 19.2 Å². The van der Waals surface area contributed by atoms with E-state index in [2.05, 4.69) is 5.32 Å². The number of benzene rings is 3. The molecule has 0 saturated carbocycles. The Kier molecular flexibility index (Phi) is 3.83. The number of carboxylic acid groups (broad SMARTS) is 1. The molecule has 0 heterocycles. The number of non-ortho nitro benzene ring substituents is 1. The summed E-state index contributed by atoms with van der Waals surface area (Å²) in [6.45, 7) is 0. The van der Waals surface area contributed by atoms with Gasteiger partial charge in [-0.2, -0.15) is 0 Å². The smallest absolute Gasteiger partial charge is 0.337 e. The topological polar surface area (TPSA) is 92.5 Å². The summed E-state index contributed by atoms with van der Waals surface area (Å²) in [5.74, 6) is -1.63. The third-order valence-corrected chi connectivity index (χ3v) is 3.58. The zero-order chi connectivity index (χ0) is 17.3. The molecule has 0 unspecified atom stereocenters. The maximum Gasteiger partial charge on any atom is 0.337 e. The monoisotopic (exact) mass is 326 g/mol. The Balaban J connectivity index is 2.15. The maximum absolute atomic E-state index is 13.9. The van der Waals surface area contributed by atoms with Crippen LogP contribution in [0.5, 0.6) is 0 Å². The Hall–Kier alpha value is -3.48. The fourth-order valence-electron chi connectivity index (χ4n) is 2.45. The van der Waals surface area contributed by atoms with E-state index in [1.807, 2.05) is 0 Å². The highest BCUT2D eigenvalue weighted by Gasteiger charge is 2.16. The van der Waals surface area contributed by atoms with E-state index < -0.39 is 16.7 Å². The van der Waals surface area contributed by atoms with Crippen molar-refractivity contribution in [1.29, 1.82) is 0 Å². The lowest BCUT2D eigenvalue weighted by Gasteiger charge is -2.12. The summed E-state index contributed by atoms with van der Waals surface area (Å²) in [6.07, 6.45) is 0. The van der Waals surface area contributed by atoms with Crippen LogP contribution in [0.3, 0.4) is 0 Å². The highest BCUT2D eigenvalue weighted by molar-refractivity contribution is 6.00. The quantitative estimate of drug-likeness (QED) is 0.550. The second kappa shape index (κ2) is 5.96. The van der Waals surface area contributed by atoms with Gasteiger partial charge in [-0.05, 0) is 18.2 Å². The number of nitro benzene ring substituents is 1. The van der Waals surface area contributed by atoms with E-state index in [4.69, 9.17) is 0 Å². The predicted molar refractivity (Wildman–Crippen MR) is 87.2 cm³/mol. The van der Waals surface area contributed by atoms with Gasteiger partial charge in [0.25, 0.3) is 5.69 Å². The first kappa shape index (κ1) is 15.4. The predicted octanol–water partition coefficient (Wildman–Crippen LogP) is 4.33. The molecule has 0 aliphatic rings. The molecular weight excluding hydrogens is 315 g/mol. The number of halogens is 1. The third-order valence-electron chi connectivity index (χ3n) is 3.58. The van der Waals surface area contributed by atoms with Crippen LogP contribution in [0.4, 0.5) is 21.5 Å². The Morgan fingerprint density at radius 3 is 2.42 bits per heavy atom. The molecule has 3 aromatic rings. The number of hydrogen-bond acceptors (Lipinski definition) is 4. The molecule has 7 heteroatoms. The lowest BCUT2D eigenvalue weighted by atomic mass is 10.1. The van der Waals surface area contributed by atoms with Gasteiger partial charge in [0.15, 0.2) is 0 Å². The van der Waals surface area contributed by atoms with Crippen LogP contribution >= 0.6 is 0 Å². The van der Waals surface area contributed by atoms with Crippen LogP contribution in [-0.4, -0.2) is 16.0 Å². The number of nitro groups is 1. The molecule has 0 saturated heterocycles. The van der Waals surface area contributed by atoms with Gasteiger partial charge in [-0.3, -0.25) is 10.1 Å². The molecule has 3 aromatic carbocycles. The summed E-state index contributed by atoms with van der Waals surface area (Å²) in [6, 6.07) is 12.8. The van der Waals surface area contributed by atoms with Gasteiger partial charge in [-0.25, -0.2) is 9.18 Å². The van der Waals surface area contributed by atoms with Crippen molar-refractivity contribution in [3.8, 4) is 0 Å². The van der Waals surface area contributed by atoms with Crippen molar-refractivity contribution >= 4 is 33.8 Å². The Bertz CT molecular complexity index is 972. The van der Waals surface area contributed by atoms with Crippen LogP contribution in [0.15, 0.2) is 54.6 Å². The first-order valence-corrected chi connectivity index (χ1v) is 6.93. The zero-order valence-electron chi connectivity index (χ0n) is 12.2. The molecule has 0 spiro atoms. The molecule has 120 valence electrons. The minimum atomic E-state index is -1.22. The van der Waals surface area contributed by atoms with Crippen molar-refractivity contribution in [2.45, 2.75) is 0 Å². The van der Waals surface area contributed by atoms with Crippen LogP contribution in [0.25, 0.3) is 10.8 Å².